The Kier molecular flexibility index (Phi) is 44.8. The van der Waals surface area contributed by atoms with Gasteiger partial charge >= 0.3 is 67.5 Å². The first-order valence-corrected chi connectivity index (χ1v) is 30.8. The second-order valence-corrected chi connectivity index (χ2v) is 27.0. The van der Waals surface area contributed by atoms with Gasteiger partial charge in [0, 0.05) is 52.0 Å². The van der Waals surface area contributed by atoms with Crippen molar-refractivity contribution in [2.75, 3.05) is 11.8 Å². The second kappa shape index (κ2) is 45.3. The summed E-state index contributed by atoms with van der Waals surface area (Å²) >= 11 is 0. The quantitative estimate of drug-likeness (QED) is 0.0289. The van der Waals surface area contributed by atoms with Crippen LogP contribution in [0.25, 0.3) is 0 Å². The summed E-state index contributed by atoms with van der Waals surface area (Å²) in [5.41, 5.74) is -11.3. The molecule has 2 radical (unpaired) electrons. The molecule has 25 heteroatoms. The minimum atomic E-state index is -6.09. The monoisotopic (exact) mass is 1590 g/mol. The topological polar surface area (TPSA) is 214 Å². The third kappa shape index (κ3) is 29.9. The molecule has 8 aromatic rings. The largest absolute Gasteiger partial charge is 0.0622 e. The van der Waals surface area contributed by atoms with E-state index in [2.05, 4.69) is 276 Å². The van der Waals surface area contributed by atoms with Gasteiger partial charge in [-0.3, -0.25) is 0 Å². The van der Waals surface area contributed by atoms with Crippen LogP contribution < -0.4 is 42.4 Å². The summed E-state index contributed by atoms with van der Waals surface area (Å²) in [4.78, 5) is 0. The zero-order valence-corrected chi connectivity index (χ0v) is 52.0. The molecule has 0 atom stereocenters. The van der Waals surface area contributed by atoms with Crippen LogP contribution in [0.2, 0.25) is 0 Å². The van der Waals surface area contributed by atoms with Gasteiger partial charge in [-0.2, -0.15) is 26.3 Å². The maximum Gasteiger partial charge on any atom is 0.00405 e. The summed E-state index contributed by atoms with van der Waals surface area (Å²) in [5.74, 6) is 2.35. The van der Waals surface area contributed by atoms with Crippen molar-refractivity contribution in [2.45, 2.75) is 11.0 Å². The number of alkyl halides is 6. The molecule has 11 nitrogen and oxygen atoms in total. The van der Waals surface area contributed by atoms with Crippen LogP contribution in [0.4, 0.5) is 26.3 Å². The van der Waals surface area contributed by atoms with Crippen molar-refractivity contribution in [3.05, 3.63) is 276 Å². The van der Waals surface area contributed by atoms with Crippen LogP contribution >= 0.6 is 31.7 Å². The Morgan fingerprint density at radius 1 is 0.280 bits per heavy atom. The van der Waals surface area contributed by atoms with Crippen LogP contribution in [0.15, 0.2) is 243 Å². The number of hydrogen-bond donors (Lipinski definition) is 0. The number of benzene rings is 8. The van der Waals surface area contributed by atoms with Crippen LogP contribution in [0.5, 0.6) is 0 Å². The van der Waals surface area contributed by atoms with Gasteiger partial charge in [0.1, 0.15) is 0 Å². The van der Waals surface area contributed by atoms with Crippen LogP contribution in [0, 0.1) is 33.3 Å². The summed E-state index contributed by atoms with van der Waals surface area (Å²) in [6.45, 7) is 22.5. The Hall–Kier alpha value is -5.12. The molecule has 8 aromatic carbocycles. The molecule has 82 heavy (non-hydrogen) atoms. The molecule has 0 aliphatic carbocycles. The molecule has 8 rings (SSSR count). The summed E-state index contributed by atoms with van der Waals surface area (Å²) in [7, 11) is -13.8. The summed E-state index contributed by atoms with van der Waals surface area (Å²) < 4.78 is 155. The molecule has 0 N–H and O–H groups in total. The maximum atomic E-state index is 10.7. The first kappa shape index (κ1) is 81.1. The summed E-state index contributed by atoms with van der Waals surface area (Å²) in [6.07, 6.45) is 0. The minimum Gasteiger partial charge on any atom is -0.0622 e. The first-order valence-electron chi connectivity index (χ1n) is 21.9. The molecular weight excluding hydrogens is 1550 g/mol. The van der Waals surface area contributed by atoms with Crippen molar-refractivity contribution >= 4 is 94.4 Å². The molecule has 0 spiro atoms. The Balaban J connectivity index is -0.00000106. The zero-order valence-electron chi connectivity index (χ0n) is 42.0. The predicted octanol–water partition coefficient (Wildman–Crippen LogP) is 10.3. The van der Waals surface area contributed by atoms with Crippen LogP contribution in [0.3, 0.4) is 0 Å². The number of halogens is 6. The van der Waals surface area contributed by atoms with Gasteiger partial charge in [0.25, 0.3) is 0 Å². The zero-order chi connectivity index (χ0) is 60.6. The first-order chi connectivity index (χ1) is 38.3. The summed E-state index contributed by atoms with van der Waals surface area (Å²) in [6, 6.07) is 88.3. The van der Waals surface area contributed by atoms with E-state index in [0.717, 1.165) is 0 Å². The van der Waals surface area contributed by atoms with E-state index in [1.165, 1.54) is 54.2 Å². The van der Waals surface area contributed by atoms with Gasteiger partial charge in [-0.1, -0.05) is 243 Å². The average Bonchev–Trinajstić information content (AvgIpc) is 3.52. The van der Waals surface area contributed by atoms with E-state index < -0.39 is 62.9 Å². The van der Waals surface area contributed by atoms with Gasteiger partial charge in [0.05, 0.1) is 0 Å². The van der Waals surface area contributed by atoms with Crippen molar-refractivity contribution in [1.82, 2.24) is 0 Å². The molecule has 0 aliphatic heterocycles. The maximum absolute atomic E-state index is 10.7. The Morgan fingerprint density at radius 3 is 0.439 bits per heavy atom. The van der Waals surface area contributed by atoms with Crippen molar-refractivity contribution in [3.8, 4) is 0 Å². The molecule has 0 heterocycles. The summed E-state index contributed by atoms with van der Waals surface area (Å²) in [5, 5.41) is 11.7. The van der Waals surface area contributed by atoms with E-state index in [4.69, 9.17) is 49.2 Å². The van der Waals surface area contributed by atoms with Crippen molar-refractivity contribution in [2.24, 2.45) is 0 Å². The van der Waals surface area contributed by atoms with Crippen LogP contribution in [-0.4, -0.2) is 48.8 Å². The van der Waals surface area contributed by atoms with E-state index in [0.29, 0.717) is 0 Å². The van der Waals surface area contributed by atoms with Gasteiger partial charge in [-0.25, -0.2) is 16.8 Å². The van der Waals surface area contributed by atoms with E-state index in [-0.39, 0.29) is 40.2 Å². The van der Waals surface area contributed by atoms with Gasteiger partial charge in [0.15, 0.2) is 20.2 Å². The Bertz CT molecular complexity index is 2680. The van der Waals surface area contributed by atoms with E-state index in [9.17, 15) is 26.3 Å². The predicted molar refractivity (Wildman–Crippen MR) is 297 cm³/mol. The van der Waals surface area contributed by atoms with Crippen LogP contribution in [0.1, 0.15) is 0 Å². The normalized spacial score (nSPS) is 10.1. The molecule has 0 fully saturated rings. The van der Waals surface area contributed by atoms with Crippen molar-refractivity contribution in [1.29, 1.82) is 0 Å². The third-order valence-corrected chi connectivity index (χ3v) is 22.7. The van der Waals surface area contributed by atoms with Gasteiger partial charge in [-0.05, 0) is 74.1 Å². The average molecular weight is 1590 g/mol. The van der Waals surface area contributed by atoms with Crippen molar-refractivity contribution < 1.29 is 116 Å². The fourth-order valence-electron chi connectivity index (χ4n) is 6.40. The van der Waals surface area contributed by atoms with Crippen molar-refractivity contribution in [3.63, 3.8) is 0 Å². The van der Waals surface area contributed by atoms with Crippen LogP contribution in [-0.2, 0) is 83.7 Å². The third-order valence-electron chi connectivity index (χ3n) is 9.68. The molecule has 0 bridgehead atoms. The molecule has 0 saturated heterocycles. The van der Waals surface area contributed by atoms with E-state index >= 15 is 0 Å². The van der Waals surface area contributed by atoms with Gasteiger partial charge < -0.3 is 9.11 Å². The molecular formula is C57H44F6Ir2O11P4S2-2. The Labute approximate surface area is 505 Å². The molecule has 0 saturated carbocycles. The fraction of sp³-hybridized carbons (Fsp3) is 0.0702. The van der Waals surface area contributed by atoms with Gasteiger partial charge in [0.2, 0.25) is 0 Å². The molecule has 0 aromatic heterocycles. The Morgan fingerprint density at radius 2 is 0.366 bits per heavy atom. The second-order valence-electron chi connectivity index (χ2n) is 14.5. The molecule has 0 aliphatic rings. The molecule has 0 unspecified atom stereocenters. The minimum absolute atomic E-state index is 0. The van der Waals surface area contributed by atoms with Gasteiger partial charge in [-0.15, -0.1) is 0 Å². The van der Waals surface area contributed by atoms with E-state index in [1.54, 1.807) is 0 Å². The standard InChI is InChI=1S/2C25H22P2.2CHF3O3S.5CO.2Ir/c2*1-5-13-22(14-6-1)26(23-15-7-2-8-16-23)21-27(24-17-9-3-10-18-24)25-19-11-4-12-20-25;2*2-1(3,4)8(5,6)7;5*1-2;;/h2*1-20H,21H2;2*(H,5,6,7);;;;;;;/p-2. The van der Waals surface area contributed by atoms with E-state index in [1.807, 2.05) is 0 Å². The SMILES string of the molecule is O=S(=O)([O-])C(F)(F)F.O=S(=O)([O-])C(F)(F)F.[C-]#[O+].[C-]#[O+].[C-]#[O+].[C-]#[O+].[C-]#[O+].[Ir].[Ir].c1ccc(P(CP(c2ccccc2)c2ccccc2)c2ccccc2)cc1.c1ccc(P(CP(c2ccccc2)c2ccccc2)c2ccccc2)cc1. The smallest absolute Gasteiger partial charge is 0.00405 e. The molecule has 432 valence electrons. The molecule has 0 amide bonds. The number of hydrogen-bond acceptors (Lipinski definition) is 6. The fourth-order valence-corrected chi connectivity index (χ4v) is 19.3. The number of rotatable bonds is 12.